The van der Waals surface area contributed by atoms with E-state index in [9.17, 15) is 0 Å². The van der Waals surface area contributed by atoms with Crippen LogP contribution in [0.25, 0.3) is 11.3 Å². The summed E-state index contributed by atoms with van der Waals surface area (Å²) < 4.78 is 10.8. The van der Waals surface area contributed by atoms with Crippen molar-refractivity contribution in [2.24, 2.45) is 0 Å². The van der Waals surface area contributed by atoms with Crippen molar-refractivity contribution in [2.75, 3.05) is 14.2 Å². The molecule has 1 aliphatic rings. The van der Waals surface area contributed by atoms with Gasteiger partial charge in [0.15, 0.2) is 5.76 Å². The first-order chi connectivity index (χ1) is 8.83. The van der Waals surface area contributed by atoms with Gasteiger partial charge in [-0.15, -0.1) is 0 Å². The molecule has 0 fully saturated rings. The summed E-state index contributed by atoms with van der Waals surface area (Å²) in [6, 6.07) is 6.13. The number of nitrogens with one attached hydrogen (secondary N) is 1. The molecule has 0 saturated heterocycles. The Morgan fingerprint density at radius 3 is 3.06 bits per heavy atom. The Morgan fingerprint density at radius 2 is 2.28 bits per heavy atom. The molecule has 0 bridgehead atoms. The Morgan fingerprint density at radius 1 is 1.39 bits per heavy atom. The monoisotopic (exact) mass is 244 g/mol. The molecule has 1 aromatic carbocycles. The maximum atomic E-state index is 5.52. The molecule has 0 saturated carbocycles. The smallest absolute Gasteiger partial charge is 0.170 e. The van der Waals surface area contributed by atoms with Crippen molar-refractivity contribution < 1.29 is 9.26 Å². The molecular weight excluding hydrogens is 228 g/mol. The van der Waals surface area contributed by atoms with Gasteiger partial charge in [0.2, 0.25) is 0 Å². The fraction of sp³-hybridized carbons (Fsp3) is 0.357. The molecule has 4 nitrogen and oxygen atoms in total. The fourth-order valence-electron chi connectivity index (χ4n) is 2.49. The molecule has 3 rings (SSSR count). The lowest BCUT2D eigenvalue weighted by Crippen LogP contribution is -2.10. The van der Waals surface area contributed by atoms with Crippen LogP contribution in [0, 0.1) is 0 Å². The van der Waals surface area contributed by atoms with Crippen LogP contribution < -0.4 is 10.1 Å². The molecule has 1 aromatic heterocycles. The summed E-state index contributed by atoms with van der Waals surface area (Å²) in [5.41, 5.74) is 4.66. The molecule has 1 aliphatic carbocycles. The molecule has 1 heterocycles. The van der Waals surface area contributed by atoms with Gasteiger partial charge in [0.05, 0.1) is 7.11 Å². The number of methoxy groups -OCH3 is 1. The molecule has 4 heteroatoms. The maximum absolute atomic E-state index is 5.52. The van der Waals surface area contributed by atoms with Gasteiger partial charge in [-0.25, -0.2) is 0 Å². The zero-order chi connectivity index (χ0) is 12.5. The molecule has 1 N–H and O–H groups in total. The van der Waals surface area contributed by atoms with Crippen LogP contribution >= 0.6 is 0 Å². The van der Waals surface area contributed by atoms with E-state index in [0.29, 0.717) is 0 Å². The lowest BCUT2D eigenvalue weighted by atomic mass is 9.89. The molecule has 2 aromatic rings. The van der Waals surface area contributed by atoms with E-state index in [4.69, 9.17) is 9.26 Å². The number of benzene rings is 1. The fourth-order valence-corrected chi connectivity index (χ4v) is 2.49. The summed E-state index contributed by atoms with van der Waals surface area (Å²) in [6.07, 6.45) is 2.03. The SMILES string of the molecule is CNCc1noc2c1CCc1ccc(OC)cc1-2. The number of hydrogen-bond donors (Lipinski definition) is 1. The van der Waals surface area contributed by atoms with Gasteiger partial charge in [0.25, 0.3) is 0 Å². The van der Waals surface area contributed by atoms with E-state index in [2.05, 4.69) is 16.5 Å². The first-order valence-corrected chi connectivity index (χ1v) is 6.12. The highest BCUT2D eigenvalue weighted by Gasteiger charge is 2.24. The van der Waals surface area contributed by atoms with Crippen LogP contribution in [0.3, 0.4) is 0 Å². The number of hydrogen-bond acceptors (Lipinski definition) is 4. The van der Waals surface area contributed by atoms with Gasteiger partial charge in [0, 0.05) is 17.7 Å². The van der Waals surface area contributed by atoms with Crippen LogP contribution in [-0.2, 0) is 19.4 Å². The number of aryl methyl sites for hydroxylation is 1. The molecule has 0 aliphatic heterocycles. The summed E-state index contributed by atoms with van der Waals surface area (Å²) >= 11 is 0. The van der Waals surface area contributed by atoms with Gasteiger partial charge in [0.1, 0.15) is 11.4 Å². The first kappa shape index (κ1) is 11.3. The van der Waals surface area contributed by atoms with Crippen molar-refractivity contribution in [3.63, 3.8) is 0 Å². The Bertz CT molecular complexity index is 575. The number of nitrogens with zero attached hydrogens (tertiary/aromatic N) is 1. The molecular formula is C14H16N2O2. The molecule has 0 radical (unpaired) electrons. The second-order valence-electron chi connectivity index (χ2n) is 4.49. The highest BCUT2D eigenvalue weighted by atomic mass is 16.5. The van der Waals surface area contributed by atoms with Gasteiger partial charge in [-0.05, 0) is 37.6 Å². The largest absolute Gasteiger partial charge is 0.497 e. The molecule has 0 amide bonds. The van der Waals surface area contributed by atoms with E-state index in [1.807, 2.05) is 19.2 Å². The minimum Gasteiger partial charge on any atom is -0.497 e. The highest BCUT2D eigenvalue weighted by Crippen LogP contribution is 2.37. The van der Waals surface area contributed by atoms with Crippen LogP contribution in [0.5, 0.6) is 5.75 Å². The summed E-state index contributed by atoms with van der Waals surface area (Å²) in [6.45, 7) is 0.748. The quantitative estimate of drug-likeness (QED) is 0.899. The Labute approximate surface area is 106 Å². The molecule has 0 spiro atoms. The van der Waals surface area contributed by atoms with Crippen molar-refractivity contribution >= 4 is 0 Å². The van der Waals surface area contributed by atoms with Gasteiger partial charge in [-0.3, -0.25) is 0 Å². The molecule has 18 heavy (non-hydrogen) atoms. The van der Waals surface area contributed by atoms with Crippen LogP contribution in [0.15, 0.2) is 22.7 Å². The zero-order valence-corrected chi connectivity index (χ0v) is 10.6. The topological polar surface area (TPSA) is 47.3 Å². The third kappa shape index (κ3) is 1.69. The predicted octanol–water partition coefficient (Wildman–Crippen LogP) is 2.17. The van der Waals surface area contributed by atoms with Crippen molar-refractivity contribution in [3.05, 3.63) is 35.0 Å². The van der Waals surface area contributed by atoms with Crippen LogP contribution in [0.4, 0.5) is 0 Å². The Balaban J connectivity index is 2.10. The van der Waals surface area contributed by atoms with Crippen molar-refractivity contribution in [1.29, 1.82) is 0 Å². The number of aromatic nitrogens is 1. The third-order valence-corrected chi connectivity index (χ3v) is 3.42. The predicted molar refractivity (Wildman–Crippen MR) is 68.7 cm³/mol. The minimum atomic E-state index is 0.748. The minimum absolute atomic E-state index is 0.748. The first-order valence-electron chi connectivity index (χ1n) is 6.12. The molecule has 0 atom stereocenters. The average Bonchev–Trinajstić information content (AvgIpc) is 2.82. The Hall–Kier alpha value is -1.81. The van der Waals surface area contributed by atoms with E-state index >= 15 is 0 Å². The lowest BCUT2D eigenvalue weighted by Gasteiger charge is -2.15. The zero-order valence-electron chi connectivity index (χ0n) is 10.6. The van der Waals surface area contributed by atoms with Crippen molar-refractivity contribution in [3.8, 4) is 17.1 Å². The van der Waals surface area contributed by atoms with E-state index in [1.54, 1.807) is 7.11 Å². The average molecular weight is 244 g/mol. The van der Waals surface area contributed by atoms with Gasteiger partial charge in [-0.1, -0.05) is 11.2 Å². The summed E-state index contributed by atoms with van der Waals surface area (Å²) in [4.78, 5) is 0. The second kappa shape index (κ2) is 4.46. The van der Waals surface area contributed by atoms with E-state index in [-0.39, 0.29) is 0 Å². The number of rotatable bonds is 3. The van der Waals surface area contributed by atoms with E-state index in [0.717, 1.165) is 42.2 Å². The number of fused-ring (bicyclic) bond motifs is 3. The van der Waals surface area contributed by atoms with Gasteiger partial charge < -0.3 is 14.6 Å². The lowest BCUT2D eigenvalue weighted by molar-refractivity contribution is 0.411. The van der Waals surface area contributed by atoms with Gasteiger partial charge in [-0.2, -0.15) is 0 Å². The molecule has 94 valence electrons. The van der Waals surface area contributed by atoms with Gasteiger partial charge >= 0.3 is 0 Å². The Kier molecular flexibility index (Phi) is 2.80. The highest BCUT2D eigenvalue weighted by molar-refractivity contribution is 5.70. The standard InChI is InChI=1S/C14H16N2O2/c1-15-8-13-11-6-4-9-3-5-10(17-2)7-12(9)14(11)18-16-13/h3,5,7,15H,4,6,8H2,1-2H3. The maximum Gasteiger partial charge on any atom is 0.170 e. The van der Waals surface area contributed by atoms with Crippen molar-refractivity contribution in [2.45, 2.75) is 19.4 Å². The molecule has 0 unspecified atom stereocenters. The summed E-state index contributed by atoms with van der Waals surface area (Å²) in [5, 5.41) is 7.28. The summed E-state index contributed by atoms with van der Waals surface area (Å²) in [5.74, 6) is 1.76. The van der Waals surface area contributed by atoms with E-state index < -0.39 is 0 Å². The number of ether oxygens (including phenoxy) is 1. The van der Waals surface area contributed by atoms with Crippen LogP contribution in [0.2, 0.25) is 0 Å². The summed E-state index contributed by atoms with van der Waals surface area (Å²) in [7, 11) is 3.60. The normalized spacial score (nSPS) is 13.0. The van der Waals surface area contributed by atoms with Crippen LogP contribution in [-0.4, -0.2) is 19.3 Å². The van der Waals surface area contributed by atoms with E-state index in [1.165, 1.54) is 11.1 Å². The third-order valence-electron chi connectivity index (χ3n) is 3.42. The second-order valence-corrected chi connectivity index (χ2v) is 4.49. The van der Waals surface area contributed by atoms with Crippen molar-refractivity contribution in [1.82, 2.24) is 10.5 Å². The van der Waals surface area contributed by atoms with Crippen LogP contribution in [0.1, 0.15) is 16.8 Å².